The molecule has 1 saturated carbocycles. The zero-order valence-electron chi connectivity index (χ0n) is 11.7. The quantitative estimate of drug-likeness (QED) is 0.933. The second-order valence-electron chi connectivity index (χ2n) is 5.75. The Balaban J connectivity index is 1.72. The molecule has 1 N–H and O–H groups in total. The van der Waals surface area contributed by atoms with Gasteiger partial charge in [0.1, 0.15) is 11.4 Å². The minimum absolute atomic E-state index is 0.236. The number of aryl methyl sites for hydroxylation is 1. The van der Waals surface area contributed by atoms with E-state index < -0.39 is 0 Å². The van der Waals surface area contributed by atoms with E-state index in [2.05, 4.69) is 34.6 Å². The van der Waals surface area contributed by atoms with E-state index in [1.807, 2.05) is 13.0 Å². The number of aliphatic hydroxyl groups excluding tert-OH is 1. The van der Waals surface area contributed by atoms with E-state index in [1.165, 1.54) is 5.56 Å². The lowest BCUT2D eigenvalue weighted by Gasteiger charge is -2.33. The summed E-state index contributed by atoms with van der Waals surface area (Å²) in [5.41, 5.74) is 3.08. The first kappa shape index (κ1) is 13.3. The van der Waals surface area contributed by atoms with Gasteiger partial charge >= 0.3 is 0 Å². The largest absolute Gasteiger partial charge is 0.393 e. The van der Waals surface area contributed by atoms with Crippen molar-refractivity contribution in [1.29, 1.82) is 0 Å². The van der Waals surface area contributed by atoms with Crippen LogP contribution < -0.4 is 0 Å². The average Bonchev–Trinajstić information content (AvgIpc) is 2.88. The Hall–Kier alpha value is -1.68. The highest BCUT2D eigenvalue weighted by Crippen LogP contribution is 2.37. The molecule has 0 aliphatic heterocycles. The minimum Gasteiger partial charge on any atom is -0.393 e. The van der Waals surface area contributed by atoms with Crippen molar-refractivity contribution >= 4 is 0 Å². The van der Waals surface area contributed by atoms with Gasteiger partial charge in [0, 0.05) is 6.42 Å². The van der Waals surface area contributed by atoms with E-state index in [0.29, 0.717) is 5.92 Å². The fourth-order valence-corrected chi connectivity index (χ4v) is 3.18. The third kappa shape index (κ3) is 2.75. The fraction of sp³-hybridized carbons (Fsp3) is 0.500. The van der Waals surface area contributed by atoms with Crippen LogP contribution in [-0.2, 0) is 6.42 Å². The zero-order valence-corrected chi connectivity index (χ0v) is 11.7. The topological polar surface area (TPSA) is 59.2 Å². The summed E-state index contributed by atoms with van der Waals surface area (Å²) < 4.78 is 4.75. The van der Waals surface area contributed by atoms with Gasteiger partial charge < -0.3 is 5.11 Å². The molecule has 0 radical (unpaired) electrons. The maximum atomic E-state index is 10.2. The van der Waals surface area contributed by atoms with Gasteiger partial charge in [-0.2, -0.15) is 0 Å². The number of aliphatic hydroxyl groups is 1. The van der Waals surface area contributed by atoms with Crippen molar-refractivity contribution < 1.29 is 9.74 Å². The van der Waals surface area contributed by atoms with Crippen molar-refractivity contribution in [3.05, 3.63) is 47.3 Å². The highest BCUT2D eigenvalue weighted by atomic mass is 16.6. The van der Waals surface area contributed by atoms with E-state index in [9.17, 15) is 5.11 Å². The standard InChI is InChI=1S/C16H20N2O2/c1-11-15(18-20-17-11)10-14-9-13(7-8-16(14)19)12-5-3-2-4-6-12/h2-6,13-14,16,19H,7-10H2,1H3. The van der Waals surface area contributed by atoms with Crippen molar-refractivity contribution in [3.63, 3.8) is 0 Å². The van der Waals surface area contributed by atoms with Gasteiger partial charge in [-0.05, 0) is 43.6 Å². The highest BCUT2D eigenvalue weighted by molar-refractivity contribution is 5.20. The summed E-state index contributed by atoms with van der Waals surface area (Å²) >= 11 is 0. The number of hydrogen-bond acceptors (Lipinski definition) is 4. The molecule has 3 unspecified atom stereocenters. The molecule has 106 valence electrons. The molecule has 20 heavy (non-hydrogen) atoms. The smallest absolute Gasteiger partial charge is 0.108 e. The SMILES string of the molecule is Cc1nonc1CC1CC(c2ccccc2)CCC1O. The lowest BCUT2D eigenvalue weighted by Crippen LogP contribution is -2.30. The Morgan fingerprint density at radius 3 is 2.70 bits per heavy atom. The highest BCUT2D eigenvalue weighted by Gasteiger charge is 2.31. The maximum Gasteiger partial charge on any atom is 0.108 e. The van der Waals surface area contributed by atoms with Gasteiger partial charge in [0.15, 0.2) is 0 Å². The van der Waals surface area contributed by atoms with Crippen LogP contribution in [0, 0.1) is 12.8 Å². The summed E-state index contributed by atoms with van der Waals surface area (Å²) in [4.78, 5) is 0. The van der Waals surface area contributed by atoms with Crippen LogP contribution in [-0.4, -0.2) is 21.5 Å². The molecule has 3 atom stereocenters. The van der Waals surface area contributed by atoms with Crippen LogP contribution in [0.25, 0.3) is 0 Å². The van der Waals surface area contributed by atoms with Gasteiger partial charge in [-0.25, -0.2) is 4.63 Å². The molecule has 2 aromatic rings. The number of benzene rings is 1. The van der Waals surface area contributed by atoms with Crippen molar-refractivity contribution in [2.45, 2.75) is 44.6 Å². The summed E-state index contributed by atoms with van der Waals surface area (Å²) in [6.07, 6.45) is 3.41. The third-order valence-electron chi connectivity index (χ3n) is 4.42. The monoisotopic (exact) mass is 272 g/mol. The van der Waals surface area contributed by atoms with Gasteiger partial charge in [-0.15, -0.1) is 0 Å². The van der Waals surface area contributed by atoms with E-state index >= 15 is 0 Å². The molecule has 0 spiro atoms. The van der Waals surface area contributed by atoms with Crippen molar-refractivity contribution in [1.82, 2.24) is 10.3 Å². The minimum atomic E-state index is -0.244. The lowest BCUT2D eigenvalue weighted by atomic mass is 9.74. The van der Waals surface area contributed by atoms with Crippen LogP contribution in [0.1, 0.15) is 42.1 Å². The van der Waals surface area contributed by atoms with Crippen molar-refractivity contribution in [3.8, 4) is 0 Å². The van der Waals surface area contributed by atoms with Crippen molar-refractivity contribution in [2.24, 2.45) is 5.92 Å². The molecule has 1 fully saturated rings. The normalized spacial score (nSPS) is 26.6. The Morgan fingerprint density at radius 1 is 1.20 bits per heavy atom. The van der Waals surface area contributed by atoms with Crippen LogP contribution in [0.4, 0.5) is 0 Å². The molecular formula is C16H20N2O2. The van der Waals surface area contributed by atoms with E-state index in [4.69, 9.17) is 4.63 Å². The predicted octanol–water partition coefficient (Wildman–Crippen LogP) is 2.87. The first-order valence-electron chi connectivity index (χ1n) is 7.25. The summed E-state index contributed by atoms with van der Waals surface area (Å²) in [7, 11) is 0. The number of aromatic nitrogens is 2. The number of rotatable bonds is 3. The van der Waals surface area contributed by atoms with E-state index in [1.54, 1.807) is 0 Å². The Morgan fingerprint density at radius 2 is 2.00 bits per heavy atom. The zero-order chi connectivity index (χ0) is 13.9. The molecule has 0 bridgehead atoms. The molecule has 1 aliphatic rings. The summed E-state index contributed by atoms with van der Waals surface area (Å²) in [6.45, 7) is 1.90. The van der Waals surface area contributed by atoms with Crippen LogP contribution in [0.3, 0.4) is 0 Å². The van der Waals surface area contributed by atoms with Crippen LogP contribution in [0.2, 0.25) is 0 Å². The molecule has 3 rings (SSSR count). The molecule has 1 heterocycles. The fourth-order valence-electron chi connectivity index (χ4n) is 3.18. The second-order valence-corrected chi connectivity index (χ2v) is 5.75. The molecule has 0 amide bonds. The number of hydrogen-bond donors (Lipinski definition) is 1. The first-order valence-corrected chi connectivity index (χ1v) is 7.25. The molecule has 0 saturated heterocycles. The summed E-state index contributed by atoms with van der Waals surface area (Å²) in [5.74, 6) is 0.768. The molecular weight excluding hydrogens is 252 g/mol. The molecule has 4 heteroatoms. The van der Waals surface area contributed by atoms with Gasteiger partial charge in [0.25, 0.3) is 0 Å². The van der Waals surface area contributed by atoms with Gasteiger partial charge in [0.2, 0.25) is 0 Å². The van der Waals surface area contributed by atoms with Gasteiger partial charge in [-0.3, -0.25) is 0 Å². The second kappa shape index (κ2) is 5.75. The van der Waals surface area contributed by atoms with Crippen molar-refractivity contribution in [2.75, 3.05) is 0 Å². The van der Waals surface area contributed by atoms with Gasteiger partial charge in [0.05, 0.1) is 6.10 Å². The Bertz CT molecular complexity index is 553. The van der Waals surface area contributed by atoms with E-state index in [0.717, 1.165) is 37.1 Å². The molecule has 1 aromatic heterocycles. The Labute approximate surface area is 118 Å². The Kier molecular flexibility index (Phi) is 3.83. The molecule has 1 aliphatic carbocycles. The first-order chi connectivity index (χ1) is 9.74. The maximum absolute atomic E-state index is 10.2. The molecule has 1 aromatic carbocycles. The van der Waals surface area contributed by atoms with Gasteiger partial charge in [-0.1, -0.05) is 40.6 Å². The number of nitrogens with zero attached hydrogens (tertiary/aromatic N) is 2. The molecule has 4 nitrogen and oxygen atoms in total. The summed E-state index contributed by atoms with van der Waals surface area (Å²) in [5, 5.41) is 18.0. The summed E-state index contributed by atoms with van der Waals surface area (Å²) in [6, 6.07) is 10.6. The average molecular weight is 272 g/mol. The van der Waals surface area contributed by atoms with Crippen LogP contribution in [0.5, 0.6) is 0 Å². The van der Waals surface area contributed by atoms with Crippen LogP contribution >= 0.6 is 0 Å². The van der Waals surface area contributed by atoms with Crippen LogP contribution in [0.15, 0.2) is 35.0 Å². The lowest BCUT2D eigenvalue weighted by molar-refractivity contribution is 0.0610. The third-order valence-corrected chi connectivity index (χ3v) is 4.42. The predicted molar refractivity (Wildman–Crippen MR) is 75.3 cm³/mol. The van der Waals surface area contributed by atoms with E-state index in [-0.39, 0.29) is 12.0 Å².